The zero-order valence-electron chi connectivity index (χ0n) is 18.5. The van der Waals surface area contributed by atoms with Crippen molar-refractivity contribution < 1.29 is 13.2 Å². The van der Waals surface area contributed by atoms with E-state index in [4.69, 9.17) is 0 Å². The van der Waals surface area contributed by atoms with E-state index in [9.17, 15) is 13.2 Å². The van der Waals surface area contributed by atoms with Crippen LogP contribution in [0.2, 0.25) is 0 Å². The molecule has 10 heteroatoms. The third kappa shape index (κ3) is 7.95. The first-order chi connectivity index (χ1) is 14.8. The number of aliphatic imine (C=N–C) groups is 1. The maximum absolute atomic E-state index is 12.7. The molecule has 1 fully saturated rings. The number of rotatable bonds is 8. The van der Waals surface area contributed by atoms with Crippen molar-refractivity contribution in [2.24, 2.45) is 4.99 Å². The zero-order chi connectivity index (χ0) is 22.3. The van der Waals surface area contributed by atoms with Gasteiger partial charge in [-0.1, -0.05) is 12.1 Å². The molecule has 1 aliphatic rings. The van der Waals surface area contributed by atoms with Crippen LogP contribution in [0, 0.1) is 6.92 Å². The predicted octanol–water partition coefficient (Wildman–Crippen LogP) is 4.05. The predicted molar refractivity (Wildman–Crippen MR) is 131 cm³/mol. The molecule has 32 heavy (non-hydrogen) atoms. The number of imidazole rings is 1. The third-order valence-corrected chi connectivity index (χ3v) is 5.57. The summed E-state index contributed by atoms with van der Waals surface area (Å²) < 4.78 is 40.3. The Kier molecular flexibility index (Phi) is 10.3. The van der Waals surface area contributed by atoms with Crippen LogP contribution in [0.5, 0.6) is 0 Å². The minimum Gasteiger partial charge on any atom is -0.356 e. The van der Waals surface area contributed by atoms with E-state index in [2.05, 4.69) is 30.1 Å². The molecule has 0 radical (unpaired) electrons. The normalized spacial score (nSPS) is 17.3. The largest absolute Gasteiger partial charge is 0.416 e. The fraction of sp³-hybridized carbons (Fsp3) is 0.545. The highest BCUT2D eigenvalue weighted by molar-refractivity contribution is 14.0. The van der Waals surface area contributed by atoms with Gasteiger partial charge in [0.25, 0.3) is 0 Å². The summed E-state index contributed by atoms with van der Waals surface area (Å²) in [6.07, 6.45) is 2.60. The van der Waals surface area contributed by atoms with Gasteiger partial charge >= 0.3 is 6.18 Å². The molecule has 0 amide bonds. The van der Waals surface area contributed by atoms with Crippen LogP contribution >= 0.6 is 24.0 Å². The molecule has 1 saturated heterocycles. The van der Waals surface area contributed by atoms with Gasteiger partial charge in [0.1, 0.15) is 5.82 Å². The summed E-state index contributed by atoms with van der Waals surface area (Å²) in [6.45, 7) is 6.19. The van der Waals surface area contributed by atoms with Gasteiger partial charge in [-0.3, -0.25) is 9.89 Å². The van der Waals surface area contributed by atoms with Gasteiger partial charge in [0, 0.05) is 58.2 Å². The Morgan fingerprint density at radius 1 is 1.22 bits per heavy atom. The number of hydrogen-bond acceptors (Lipinski definition) is 3. The summed E-state index contributed by atoms with van der Waals surface area (Å²) in [4.78, 5) is 10.8. The van der Waals surface area contributed by atoms with Crippen molar-refractivity contribution in [1.29, 1.82) is 0 Å². The number of nitrogens with one attached hydrogen (secondary N) is 2. The van der Waals surface area contributed by atoms with Crippen molar-refractivity contribution in [2.75, 3.05) is 26.7 Å². The number of nitrogens with zero attached hydrogens (tertiary/aromatic N) is 4. The Bertz CT molecular complexity index is 850. The van der Waals surface area contributed by atoms with E-state index >= 15 is 0 Å². The smallest absolute Gasteiger partial charge is 0.356 e. The fourth-order valence-electron chi connectivity index (χ4n) is 3.79. The lowest BCUT2D eigenvalue weighted by Gasteiger charge is -2.19. The molecular formula is C22H32F3IN6. The molecule has 0 aliphatic carbocycles. The number of benzene rings is 1. The number of aromatic nitrogens is 2. The standard InChI is InChI=1S/C22H31F3N6.HI/c1-17-27-11-14-31(17)12-4-3-10-28-21(26-2)29-20-9-13-30(16-20)15-18-5-7-19(8-6-18)22(23,24)25;/h5-8,11,14,20H,3-4,9-10,12-13,15-16H2,1-2H3,(H2,26,28,29);1H. The summed E-state index contributed by atoms with van der Waals surface area (Å²) in [7, 11) is 1.76. The maximum atomic E-state index is 12.7. The molecule has 0 spiro atoms. The van der Waals surface area contributed by atoms with Crippen molar-refractivity contribution in [3.05, 3.63) is 53.6 Å². The summed E-state index contributed by atoms with van der Waals surface area (Å²) in [6, 6.07) is 5.71. The summed E-state index contributed by atoms with van der Waals surface area (Å²) in [5, 5.41) is 6.82. The van der Waals surface area contributed by atoms with Crippen LogP contribution in [0.15, 0.2) is 41.7 Å². The second-order valence-electron chi connectivity index (χ2n) is 7.93. The monoisotopic (exact) mass is 564 g/mol. The lowest BCUT2D eigenvalue weighted by molar-refractivity contribution is -0.137. The molecule has 6 nitrogen and oxygen atoms in total. The fourth-order valence-corrected chi connectivity index (χ4v) is 3.79. The Balaban J connectivity index is 0.00000363. The van der Waals surface area contributed by atoms with Crippen LogP contribution in [-0.2, 0) is 19.3 Å². The van der Waals surface area contributed by atoms with E-state index in [1.807, 2.05) is 19.3 Å². The minimum absolute atomic E-state index is 0. The molecule has 1 atom stereocenters. The second-order valence-corrected chi connectivity index (χ2v) is 7.93. The summed E-state index contributed by atoms with van der Waals surface area (Å²) in [5.41, 5.74) is 0.288. The molecule has 2 heterocycles. The number of likely N-dealkylation sites (tertiary alicyclic amines) is 1. The van der Waals surface area contributed by atoms with Crippen molar-refractivity contribution >= 4 is 29.9 Å². The SMILES string of the molecule is CN=C(NCCCCn1ccnc1C)NC1CCN(Cc2ccc(C(F)(F)F)cc2)C1.I. The molecule has 2 N–H and O–H groups in total. The second kappa shape index (κ2) is 12.4. The quantitative estimate of drug-likeness (QED) is 0.220. The number of halogens is 4. The van der Waals surface area contributed by atoms with Gasteiger partial charge in [-0.05, 0) is 43.9 Å². The van der Waals surface area contributed by atoms with Crippen molar-refractivity contribution in [2.45, 2.75) is 51.5 Å². The highest BCUT2D eigenvalue weighted by Crippen LogP contribution is 2.29. The average Bonchev–Trinajstić information content (AvgIpc) is 3.35. The first kappa shape index (κ1) is 26.4. The molecule has 3 rings (SSSR count). The van der Waals surface area contributed by atoms with Crippen LogP contribution in [0.1, 0.15) is 36.2 Å². The Labute approximate surface area is 204 Å². The third-order valence-electron chi connectivity index (χ3n) is 5.57. The van der Waals surface area contributed by atoms with Gasteiger partial charge in [-0.15, -0.1) is 24.0 Å². The molecule has 178 valence electrons. The van der Waals surface area contributed by atoms with E-state index in [0.717, 1.165) is 74.9 Å². The van der Waals surface area contributed by atoms with Crippen molar-refractivity contribution in [3.63, 3.8) is 0 Å². The zero-order valence-corrected chi connectivity index (χ0v) is 20.9. The van der Waals surface area contributed by atoms with Gasteiger partial charge in [0.15, 0.2) is 5.96 Å². The summed E-state index contributed by atoms with van der Waals surface area (Å²) in [5.74, 6) is 1.83. The maximum Gasteiger partial charge on any atom is 0.416 e. The number of aryl methyl sites for hydroxylation is 2. The summed E-state index contributed by atoms with van der Waals surface area (Å²) >= 11 is 0. The van der Waals surface area contributed by atoms with Crippen molar-refractivity contribution in [3.8, 4) is 0 Å². The van der Waals surface area contributed by atoms with E-state index in [1.165, 1.54) is 0 Å². The molecule has 0 saturated carbocycles. The van der Waals surface area contributed by atoms with Gasteiger partial charge in [-0.2, -0.15) is 13.2 Å². The number of guanidine groups is 1. The van der Waals surface area contributed by atoms with Crippen LogP contribution < -0.4 is 10.6 Å². The molecule has 1 aromatic carbocycles. The van der Waals surface area contributed by atoms with Crippen LogP contribution in [0.25, 0.3) is 0 Å². The lowest BCUT2D eigenvalue weighted by Crippen LogP contribution is -2.44. The minimum atomic E-state index is -4.29. The van der Waals surface area contributed by atoms with E-state index in [-0.39, 0.29) is 30.0 Å². The first-order valence-electron chi connectivity index (χ1n) is 10.7. The highest BCUT2D eigenvalue weighted by atomic mass is 127. The molecule has 1 aliphatic heterocycles. The Morgan fingerprint density at radius 3 is 2.59 bits per heavy atom. The molecule has 1 unspecified atom stereocenters. The first-order valence-corrected chi connectivity index (χ1v) is 10.7. The average molecular weight is 564 g/mol. The topological polar surface area (TPSA) is 57.5 Å². The van der Waals surface area contributed by atoms with E-state index in [0.29, 0.717) is 6.54 Å². The lowest BCUT2D eigenvalue weighted by atomic mass is 10.1. The number of hydrogen-bond donors (Lipinski definition) is 2. The molecule has 1 aromatic heterocycles. The van der Waals surface area contributed by atoms with Gasteiger partial charge in [-0.25, -0.2) is 4.98 Å². The Hall–Kier alpha value is -1.82. The van der Waals surface area contributed by atoms with E-state index < -0.39 is 11.7 Å². The highest BCUT2D eigenvalue weighted by Gasteiger charge is 2.30. The van der Waals surface area contributed by atoms with Gasteiger partial charge < -0.3 is 15.2 Å². The number of alkyl halides is 3. The van der Waals surface area contributed by atoms with Crippen LogP contribution in [0.3, 0.4) is 0 Å². The van der Waals surface area contributed by atoms with Crippen molar-refractivity contribution in [1.82, 2.24) is 25.1 Å². The van der Waals surface area contributed by atoms with Gasteiger partial charge in [0.2, 0.25) is 0 Å². The van der Waals surface area contributed by atoms with Crippen LogP contribution in [0.4, 0.5) is 13.2 Å². The Morgan fingerprint density at radius 2 is 1.97 bits per heavy atom. The molecule has 2 aromatic rings. The molecule has 0 bridgehead atoms. The number of unbranched alkanes of at least 4 members (excludes halogenated alkanes) is 1. The molecular weight excluding hydrogens is 532 g/mol. The van der Waals surface area contributed by atoms with E-state index in [1.54, 1.807) is 19.2 Å². The van der Waals surface area contributed by atoms with Gasteiger partial charge in [0.05, 0.1) is 5.56 Å². The van der Waals surface area contributed by atoms with Crippen LogP contribution in [-0.4, -0.2) is 53.1 Å².